The molecule has 0 saturated carbocycles. The number of likely N-dealkylation sites (N-methyl/N-ethyl adjacent to an activating group) is 1. The van der Waals surface area contributed by atoms with Crippen LogP contribution in [0.2, 0.25) is 0 Å². The van der Waals surface area contributed by atoms with Crippen LogP contribution in [-0.2, 0) is 9.59 Å². The molecule has 132 valence electrons. The number of nitrogens with one attached hydrogen (secondary N) is 2. The normalized spacial score (nSPS) is 14.5. The molecule has 1 saturated heterocycles. The molecule has 0 aromatic heterocycles. The van der Waals surface area contributed by atoms with E-state index in [1.165, 1.54) is 24.9 Å². The molecule has 0 unspecified atom stereocenters. The molecule has 1 fully saturated rings. The zero-order valence-corrected chi connectivity index (χ0v) is 14.7. The fraction of sp³-hybridized carbons (Fsp3) is 0.556. The second-order valence-corrected chi connectivity index (χ2v) is 6.47. The third-order valence-electron chi connectivity index (χ3n) is 4.07. The summed E-state index contributed by atoms with van der Waals surface area (Å²) in [7, 11) is 3.87. The Labute approximate surface area is 144 Å². The van der Waals surface area contributed by atoms with Gasteiger partial charge in [-0.25, -0.2) is 0 Å². The van der Waals surface area contributed by atoms with Crippen LogP contribution in [0.25, 0.3) is 0 Å². The van der Waals surface area contributed by atoms with Crippen molar-refractivity contribution in [2.45, 2.75) is 25.7 Å². The van der Waals surface area contributed by atoms with E-state index in [4.69, 9.17) is 0 Å². The number of rotatable bonds is 7. The van der Waals surface area contributed by atoms with Gasteiger partial charge in [-0.05, 0) is 57.6 Å². The van der Waals surface area contributed by atoms with Crippen LogP contribution in [-0.4, -0.2) is 57.0 Å². The maximum atomic E-state index is 11.9. The van der Waals surface area contributed by atoms with Crippen molar-refractivity contribution >= 4 is 23.2 Å². The summed E-state index contributed by atoms with van der Waals surface area (Å²) in [5.41, 5.74) is 1.91. The van der Waals surface area contributed by atoms with E-state index < -0.39 is 0 Å². The van der Waals surface area contributed by atoms with E-state index in [0.717, 1.165) is 25.3 Å². The maximum Gasteiger partial charge on any atom is 0.233 e. The molecule has 2 amide bonds. The fourth-order valence-corrected chi connectivity index (χ4v) is 2.74. The second kappa shape index (κ2) is 9.27. The average Bonchev–Trinajstić information content (AvgIpc) is 2.56. The molecular weight excluding hydrogens is 304 g/mol. The first-order valence-corrected chi connectivity index (χ1v) is 8.61. The zero-order chi connectivity index (χ0) is 17.4. The zero-order valence-electron chi connectivity index (χ0n) is 14.7. The van der Waals surface area contributed by atoms with E-state index in [-0.39, 0.29) is 18.2 Å². The highest BCUT2D eigenvalue weighted by Gasteiger charge is 2.12. The Hall–Kier alpha value is -2.08. The van der Waals surface area contributed by atoms with Gasteiger partial charge >= 0.3 is 0 Å². The van der Waals surface area contributed by atoms with E-state index in [1.54, 1.807) is 0 Å². The van der Waals surface area contributed by atoms with Crippen LogP contribution in [0, 0.1) is 0 Å². The molecule has 24 heavy (non-hydrogen) atoms. The predicted molar refractivity (Wildman–Crippen MR) is 97.3 cm³/mol. The van der Waals surface area contributed by atoms with Gasteiger partial charge < -0.3 is 20.4 Å². The molecule has 6 heteroatoms. The molecule has 0 bridgehead atoms. The van der Waals surface area contributed by atoms with Crippen molar-refractivity contribution in [3.63, 3.8) is 0 Å². The lowest BCUT2D eigenvalue weighted by molar-refractivity contribution is -0.126. The van der Waals surface area contributed by atoms with Crippen molar-refractivity contribution in [1.29, 1.82) is 0 Å². The Balaban J connectivity index is 1.76. The van der Waals surface area contributed by atoms with Gasteiger partial charge in [0.05, 0.1) is 0 Å². The fourth-order valence-electron chi connectivity index (χ4n) is 2.74. The lowest BCUT2D eigenvalue weighted by Crippen LogP contribution is -2.33. The van der Waals surface area contributed by atoms with Gasteiger partial charge in [0, 0.05) is 37.6 Å². The molecule has 1 aliphatic heterocycles. The quantitative estimate of drug-likeness (QED) is 0.746. The van der Waals surface area contributed by atoms with Gasteiger partial charge in [0.1, 0.15) is 6.42 Å². The Bertz CT molecular complexity index is 536. The number of carbonyl (C=O) groups is 2. The third kappa shape index (κ3) is 6.20. The first kappa shape index (κ1) is 18.3. The number of hydrogen-bond donors (Lipinski definition) is 2. The van der Waals surface area contributed by atoms with Gasteiger partial charge in [0.15, 0.2) is 0 Å². The Morgan fingerprint density at radius 1 is 1.04 bits per heavy atom. The number of hydrogen-bond acceptors (Lipinski definition) is 4. The number of piperidine rings is 1. The van der Waals surface area contributed by atoms with Crippen LogP contribution in [0.5, 0.6) is 0 Å². The van der Waals surface area contributed by atoms with Crippen LogP contribution in [0.3, 0.4) is 0 Å². The number of anilines is 2. The third-order valence-corrected chi connectivity index (χ3v) is 4.07. The van der Waals surface area contributed by atoms with E-state index >= 15 is 0 Å². The van der Waals surface area contributed by atoms with Gasteiger partial charge in [-0.2, -0.15) is 0 Å². The largest absolute Gasteiger partial charge is 0.372 e. The lowest BCUT2D eigenvalue weighted by atomic mass is 10.1. The Kier molecular flexibility index (Phi) is 7.06. The molecule has 0 radical (unpaired) electrons. The van der Waals surface area contributed by atoms with E-state index in [9.17, 15) is 9.59 Å². The SMILES string of the molecule is CN(C)CCNC(=O)CC(=O)Nc1ccc(N2CCCCC2)cc1. The summed E-state index contributed by atoms with van der Waals surface area (Å²) in [6, 6.07) is 7.84. The van der Waals surface area contributed by atoms with E-state index in [2.05, 4.69) is 15.5 Å². The van der Waals surface area contributed by atoms with E-state index in [1.807, 2.05) is 43.3 Å². The van der Waals surface area contributed by atoms with Crippen LogP contribution in [0.15, 0.2) is 24.3 Å². The van der Waals surface area contributed by atoms with Crippen molar-refractivity contribution in [1.82, 2.24) is 10.2 Å². The monoisotopic (exact) mass is 332 g/mol. The summed E-state index contributed by atoms with van der Waals surface area (Å²) < 4.78 is 0. The van der Waals surface area contributed by atoms with Gasteiger partial charge in [-0.15, -0.1) is 0 Å². The van der Waals surface area contributed by atoms with Gasteiger partial charge in [0.2, 0.25) is 11.8 Å². The molecule has 0 spiro atoms. The van der Waals surface area contributed by atoms with Crippen LogP contribution in [0.1, 0.15) is 25.7 Å². The smallest absolute Gasteiger partial charge is 0.233 e. The summed E-state index contributed by atoms with van der Waals surface area (Å²) in [4.78, 5) is 27.9. The summed E-state index contributed by atoms with van der Waals surface area (Å²) in [5, 5.41) is 5.51. The number of benzene rings is 1. The van der Waals surface area contributed by atoms with Crippen LogP contribution in [0.4, 0.5) is 11.4 Å². The first-order chi connectivity index (χ1) is 11.5. The summed E-state index contributed by atoms with van der Waals surface area (Å²) >= 11 is 0. The van der Waals surface area contributed by atoms with Crippen molar-refractivity contribution in [3.05, 3.63) is 24.3 Å². The Morgan fingerprint density at radius 3 is 2.33 bits per heavy atom. The molecule has 1 aliphatic rings. The molecular formula is C18H28N4O2. The van der Waals surface area contributed by atoms with Crippen molar-refractivity contribution in [2.75, 3.05) is 50.5 Å². The molecule has 6 nitrogen and oxygen atoms in total. The lowest BCUT2D eigenvalue weighted by Gasteiger charge is -2.28. The molecule has 0 atom stereocenters. The van der Waals surface area contributed by atoms with Crippen molar-refractivity contribution < 1.29 is 9.59 Å². The van der Waals surface area contributed by atoms with Crippen molar-refractivity contribution in [2.24, 2.45) is 0 Å². The molecule has 1 aromatic rings. The highest BCUT2D eigenvalue weighted by Crippen LogP contribution is 2.21. The number of nitrogens with zero attached hydrogens (tertiary/aromatic N) is 2. The minimum atomic E-state index is -0.289. The molecule has 1 heterocycles. The number of carbonyl (C=O) groups excluding carboxylic acids is 2. The predicted octanol–water partition coefficient (Wildman–Crippen LogP) is 1.68. The highest BCUT2D eigenvalue weighted by molar-refractivity contribution is 6.03. The highest BCUT2D eigenvalue weighted by atomic mass is 16.2. The minimum absolute atomic E-state index is 0.151. The standard InChI is InChI=1S/C18H28N4O2/c1-21(2)13-10-19-17(23)14-18(24)20-15-6-8-16(9-7-15)22-11-4-3-5-12-22/h6-9H,3-5,10-14H2,1-2H3,(H,19,23)(H,20,24). The molecule has 2 rings (SSSR count). The number of amides is 2. The molecule has 0 aliphatic carbocycles. The Morgan fingerprint density at radius 2 is 1.71 bits per heavy atom. The molecule has 2 N–H and O–H groups in total. The van der Waals surface area contributed by atoms with Gasteiger partial charge in [-0.1, -0.05) is 0 Å². The van der Waals surface area contributed by atoms with Crippen LogP contribution < -0.4 is 15.5 Å². The summed E-state index contributed by atoms with van der Waals surface area (Å²) in [6.45, 7) is 3.49. The molecule has 1 aromatic carbocycles. The van der Waals surface area contributed by atoms with Gasteiger partial charge in [0.25, 0.3) is 0 Å². The maximum absolute atomic E-state index is 11.9. The summed E-state index contributed by atoms with van der Waals surface area (Å²) in [5.74, 6) is -0.539. The van der Waals surface area contributed by atoms with Gasteiger partial charge in [-0.3, -0.25) is 9.59 Å². The van der Waals surface area contributed by atoms with Crippen molar-refractivity contribution in [3.8, 4) is 0 Å². The van der Waals surface area contributed by atoms with Crippen LogP contribution >= 0.6 is 0 Å². The second-order valence-electron chi connectivity index (χ2n) is 6.47. The minimum Gasteiger partial charge on any atom is -0.372 e. The summed E-state index contributed by atoms with van der Waals surface area (Å²) in [6.07, 6.45) is 3.63. The topological polar surface area (TPSA) is 64.7 Å². The average molecular weight is 332 g/mol. The van der Waals surface area contributed by atoms with E-state index in [0.29, 0.717) is 6.54 Å². The first-order valence-electron chi connectivity index (χ1n) is 8.61.